The smallest absolute Gasteiger partial charge is 0.241 e. The minimum Gasteiger partial charge on any atom is -0.491 e. The van der Waals surface area contributed by atoms with Crippen LogP contribution in [0.15, 0.2) is 42.5 Å². The second-order valence-electron chi connectivity index (χ2n) is 7.08. The van der Waals surface area contributed by atoms with Crippen LogP contribution >= 0.6 is 0 Å². The van der Waals surface area contributed by atoms with E-state index >= 15 is 0 Å². The van der Waals surface area contributed by atoms with E-state index in [0.29, 0.717) is 5.69 Å². The van der Waals surface area contributed by atoms with Gasteiger partial charge in [-0.1, -0.05) is 29.8 Å². The normalized spacial score (nSPS) is 12.3. The fourth-order valence-electron chi connectivity index (χ4n) is 2.74. The van der Waals surface area contributed by atoms with Crippen LogP contribution in [0.2, 0.25) is 0 Å². The van der Waals surface area contributed by atoms with Crippen LogP contribution in [0.3, 0.4) is 0 Å². The van der Waals surface area contributed by atoms with Gasteiger partial charge in [0.15, 0.2) is 0 Å². The summed E-state index contributed by atoms with van der Waals surface area (Å²) in [7, 11) is -3.61. The van der Waals surface area contributed by atoms with Crippen LogP contribution in [0, 0.1) is 20.8 Å². The highest BCUT2D eigenvalue weighted by atomic mass is 32.2. The highest BCUT2D eigenvalue weighted by Crippen LogP contribution is 2.24. The number of aryl methyl sites for hydroxylation is 2. The second kappa shape index (κ2) is 9.10. The molecule has 0 radical (unpaired) electrons. The number of hydrogen-bond donors (Lipinski definition) is 1. The van der Waals surface area contributed by atoms with E-state index in [0.717, 1.165) is 33.0 Å². The zero-order valence-electron chi connectivity index (χ0n) is 17.0. The van der Waals surface area contributed by atoms with Gasteiger partial charge in [0.1, 0.15) is 18.9 Å². The third-order valence-electron chi connectivity index (χ3n) is 4.46. The Kier molecular flexibility index (Phi) is 7.07. The lowest BCUT2D eigenvalue weighted by atomic mass is 10.1. The van der Waals surface area contributed by atoms with Crippen LogP contribution in [0.1, 0.15) is 23.6 Å². The number of nitrogens with one attached hydrogen (secondary N) is 1. The zero-order chi connectivity index (χ0) is 20.9. The minimum atomic E-state index is -3.61. The number of sulfonamides is 1. The molecule has 0 aliphatic carbocycles. The van der Waals surface area contributed by atoms with Gasteiger partial charge in [0, 0.05) is 0 Å². The van der Waals surface area contributed by atoms with Gasteiger partial charge in [-0.25, -0.2) is 8.42 Å². The molecule has 1 N–H and O–H groups in total. The van der Waals surface area contributed by atoms with Crippen LogP contribution in [0.5, 0.6) is 5.75 Å². The molecule has 7 heteroatoms. The predicted molar refractivity (Wildman–Crippen MR) is 112 cm³/mol. The van der Waals surface area contributed by atoms with E-state index in [4.69, 9.17) is 4.74 Å². The summed E-state index contributed by atoms with van der Waals surface area (Å²) in [6.45, 7) is 7.57. The van der Waals surface area contributed by atoms with Crippen molar-refractivity contribution < 1.29 is 17.9 Å². The van der Waals surface area contributed by atoms with Crippen molar-refractivity contribution in [1.29, 1.82) is 0 Å². The van der Waals surface area contributed by atoms with Crippen LogP contribution in [0.25, 0.3) is 0 Å². The van der Waals surface area contributed by atoms with Crippen molar-refractivity contribution in [3.63, 3.8) is 0 Å². The van der Waals surface area contributed by atoms with Gasteiger partial charge in [-0.05, 0) is 57.0 Å². The summed E-state index contributed by atoms with van der Waals surface area (Å²) < 4.78 is 31.4. The third-order valence-corrected chi connectivity index (χ3v) is 5.59. The quantitative estimate of drug-likeness (QED) is 0.734. The molecule has 0 aliphatic rings. The molecule has 0 aromatic heterocycles. The standard InChI is InChI=1S/C21H28N2O4S/c1-15-9-11-19(12-10-15)27-14-17(3)22-21(24)13-23(28(5,25)26)20-8-6-7-16(2)18(20)4/h6-12,17H,13-14H2,1-5H3,(H,22,24)/t17-/m0/s1. The highest BCUT2D eigenvalue weighted by molar-refractivity contribution is 7.92. The van der Waals surface area contributed by atoms with Crippen molar-refractivity contribution in [2.45, 2.75) is 33.7 Å². The summed E-state index contributed by atoms with van der Waals surface area (Å²) in [6, 6.07) is 12.8. The van der Waals surface area contributed by atoms with E-state index in [1.54, 1.807) is 12.1 Å². The van der Waals surface area contributed by atoms with Crippen LogP contribution in [-0.4, -0.2) is 39.8 Å². The molecule has 0 unspecified atom stereocenters. The summed E-state index contributed by atoms with van der Waals surface area (Å²) in [4.78, 5) is 12.5. The third kappa shape index (κ3) is 5.99. The Balaban J connectivity index is 2.01. The number of carbonyl (C=O) groups is 1. The first-order valence-electron chi connectivity index (χ1n) is 9.10. The molecule has 0 saturated heterocycles. The van der Waals surface area contributed by atoms with Gasteiger partial charge in [-0.15, -0.1) is 0 Å². The Morgan fingerprint density at radius 2 is 1.75 bits per heavy atom. The molecule has 6 nitrogen and oxygen atoms in total. The van der Waals surface area contributed by atoms with Crippen molar-refractivity contribution in [2.75, 3.05) is 23.7 Å². The number of nitrogens with zero attached hydrogens (tertiary/aromatic N) is 1. The molecule has 2 aromatic rings. The molecule has 2 rings (SSSR count). The molecule has 1 atom stereocenters. The first kappa shape index (κ1) is 21.8. The number of ether oxygens (including phenoxy) is 1. The van der Waals surface area contributed by atoms with Gasteiger partial charge in [-0.2, -0.15) is 0 Å². The highest BCUT2D eigenvalue weighted by Gasteiger charge is 2.23. The molecule has 28 heavy (non-hydrogen) atoms. The van der Waals surface area contributed by atoms with Gasteiger partial charge < -0.3 is 10.1 Å². The predicted octanol–water partition coefficient (Wildman–Crippen LogP) is 2.96. The topological polar surface area (TPSA) is 75.7 Å². The summed E-state index contributed by atoms with van der Waals surface area (Å²) >= 11 is 0. The monoisotopic (exact) mass is 404 g/mol. The maximum atomic E-state index is 12.5. The summed E-state index contributed by atoms with van der Waals surface area (Å²) in [5.74, 6) is 0.339. The van der Waals surface area contributed by atoms with Crippen molar-refractivity contribution in [3.8, 4) is 5.75 Å². The summed E-state index contributed by atoms with van der Waals surface area (Å²) in [5, 5.41) is 2.80. The van der Waals surface area contributed by atoms with Gasteiger partial charge >= 0.3 is 0 Å². The van der Waals surface area contributed by atoms with Crippen molar-refractivity contribution in [1.82, 2.24) is 5.32 Å². The molecule has 0 aliphatic heterocycles. The van der Waals surface area contributed by atoms with E-state index in [1.165, 1.54) is 0 Å². The minimum absolute atomic E-state index is 0.270. The fourth-order valence-corrected chi connectivity index (χ4v) is 3.64. The van der Waals surface area contributed by atoms with Crippen molar-refractivity contribution >= 4 is 21.6 Å². The van der Waals surface area contributed by atoms with Crippen LogP contribution in [-0.2, 0) is 14.8 Å². The lowest BCUT2D eigenvalue weighted by Gasteiger charge is -2.25. The molecule has 1 amide bonds. The number of rotatable bonds is 8. The molecule has 0 saturated carbocycles. The van der Waals surface area contributed by atoms with Gasteiger partial charge in [0.05, 0.1) is 18.0 Å². The van der Waals surface area contributed by atoms with Gasteiger partial charge in [0.25, 0.3) is 0 Å². The maximum absolute atomic E-state index is 12.5. The Bertz CT molecular complexity index is 924. The largest absolute Gasteiger partial charge is 0.491 e. The number of anilines is 1. The molecule has 0 heterocycles. The lowest BCUT2D eigenvalue weighted by molar-refractivity contribution is -0.120. The summed E-state index contributed by atoms with van der Waals surface area (Å²) in [5.41, 5.74) is 3.45. The van der Waals surface area contributed by atoms with E-state index in [9.17, 15) is 13.2 Å². The second-order valence-corrected chi connectivity index (χ2v) is 8.99. The Morgan fingerprint density at radius 3 is 2.36 bits per heavy atom. The number of amides is 1. The number of carbonyl (C=O) groups excluding carboxylic acids is 1. The molecule has 0 fully saturated rings. The summed E-state index contributed by atoms with van der Waals surface area (Å²) in [6.07, 6.45) is 1.10. The van der Waals surface area contributed by atoms with E-state index < -0.39 is 10.0 Å². The molecule has 0 bridgehead atoms. The number of benzene rings is 2. The average molecular weight is 405 g/mol. The Morgan fingerprint density at radius 1 is 1.11 bits per heavy atom. The Hall–Kier alpha value is -2.54. The molecule has 2 aromatic carbocycles. The molecule has 152 valence electrons. The molecule has 0 spiro atoms. The van der Waals surface area contributed by atoms with E-state index in [2.05, 4.69) is 5.32 Å². The number of hydrogen-bond acceptors (Lipinski definition) is 4. The van der Waals surface area contributed by atoms with Crippen molar-refractivity contribution in [3.05, 3.63) is 59.2 Å². The van der Waals surface area contributed by atoms with E-state index in [-0.39, 0.29) is 25.1 Å². The average Bonchev–Trinajstić information content (AvgIpc) is 2.61. The van der Waals surface area contributed by atoms with Gasteiger partial charge in [-0.3, -0.25) is 9.10 Å². The molecular weight excluding hydrogens is 376 g/mol. The fraction of sp³-hybridized carbons (Fsp3) is 0.381. The maximum Gasteiger partial charge on any atom is 0.241 e. The lowest BCUT2D eigenvalue weighted by Crippen LogP contribution is -2.45. The first-order chi connectivity index (χ1) is 13.1. The van der Waals surface area contributed by atoms with E-state index in [1.807, 2.05) is 58.0 Å². The Labute approximate surface area is 167 Å². The zero-order valence-corrected chi connectivity index (χ0v) is 17.8. The van der Waals surface area contributed by atoms with Crippen LogP contribution in [0.4, 0.5) is 5.69 Å². The first-order valence-corrected chi connectivity index (χ1v) is 11.0. The van der Waals surface area contributed by atoms with Gasteiger partial charge in [0.2, 0.25) is 15.9 Å². The molecular formula is C21H28N2O4S. The SMILES string of the molecule is Cc1ccc(OC[C@H](C)NC(=O)CN(c2cccc(C)c2C)S(C)(=O)=O)cc1. The van der Waals surface area contributed by atoms with Crippen molar-refractivity contribution in [2.24, 2.45) is 0 Å². The van der Waals surface area contributed by atoms with Crippen LogP contribution < -0.4 is 14.4 Å².